The van der Waals surface area contributed by atoms with Crippen LogP contribution in [-0.2, 0) is 9.59 Å². The van der Waals surface area contributed by atoms with Crippen LogP contribution >= 0.6 is 11.3 Å². The van der Waals surface area contributed by atoms with Gasteiger partial charge in [-0.15, -0.1) is 11.3 Å². The zero-order chi connectivity index (χ0) is 19.4. The molecule has 27 heavy (non-hydrogen) atoms. The van der Waals surface area contributed by atoms with E-state index in [1.54, 1.807) is 40.7 Å². The Kier molecular flexibility index (Phi) is 5.85. The second-order valence-electron chi connectivity index (χ2n) is 6.70. The molecule has 8 heteroatoms. The molecular weight excluding hydrogens is 364 g/mol. The highest BCUT2D eigenvalue weighted by Gasteiger charge is 2.34. The van der Waals surface area contributed by atoms with E-state index in [0.717, 1.165) is 6.42 Å². The number of anilines is 2. The second-order valence-corrected chi connectivity index (χ2v) is 7.60. The van der Waals surface area contributed by atoms with Crippen molar-refractivity contribution in [2.75, 3.05) is 17.2 Å². The number of amides is 3. The maximum absolute atomic E-state index is 12.9. The largest absolute Gasteiger partial charge is 0.327 e. The third kappa shape index (κ3) is 4.51. The number of rotatable bonds is 5. The minimum atomic E-state index is -0.498. The number of nitrogens with one attached hydrogen (secondary N) is 2. The summed E-state index contributed by atoms with van der Waals surface area (Å²) in [6.45, 7) is 4.18. The summed E-state index contributed by atoms with van der Waals surface area (Å²) in [7, 11) is 0. The summed E-state index contributed by atoms with van der Waals surface area (Å²) >= 11 is 1.34. The number of benzene rings is 1. The van der Waals surface area contributed by atoms with E-state index >= 15 is 0 Å². The Bertz CT molecular complexity index is 818. The van der Waals surface area contributed by atoms with E-state index in [9.17, 15) is 14.4 Å². The molecule has 1 fully saturated rings. The van der Waals surface area contributed by atoms with Crippen molar-refractivity contribution >= 4 is 39.9 Å². The number of aromatic nitrogens is 1. The van der Waals surface area contributed by atoms with Crippen LogP contribution in [0.4, 0.5) is 10.8 Å². The van der Waals surface area contributed by atoms with Crippen molar-refractivity contribution < 1.29 is 14.4 Å². The van der Waals surface area contributed by atoms with Crippen LogP contribution in [0.15, 0.2) is 35.8 Å². The number of likely N-dealkylation sites (tertiary alicyclic amines) is 1. The molecule has 2 heterocycles. The van der Waals surface area contributed by atoms with Crippen molar-refractivity contribution in [1.29, 1.82) is 0 Å². The average molecular weight is 386 g/mol. The second kappa shape index (κ2) is 8.30. The van der Waals surface area contributed by atoms with Crippen molar-refractivity contribution in [3.8, 4) is 0 Å². The molecule has 1 aromatic heterocycles. The Hall–Kier alpha value is -2.74. The molecule has 1 saturated heterocycles. The smallest absolute Gasteiger partial charge is 0.254 e. The van der Waals surface area contributed by atoms with Gasteiger partial charge in [-0.05, 0) is 37.1 Å². The van der Waals surface area contributed by atoms with Gasteiger partial charge in [0.15, 0.2) is 5.13 Å². The molecule has 0 saturated carbocycles. The first-order valence-corrected chi connectivity index (χ1v) is 9.76. The maximum atomic E-state index is 12.9. The Morgan fingerprint density at radius 1 is 1.19 bits per heavy atom. The Labute approximate surface area is 161 Å². The monoisotopic (exact) mass is 386 g/mol. The summed E-state index contributed by atoms with van der Waals surface area (Å²) in [6.07, 6.45) is 3.03. The van der Waals surface area contributed by atoms with E-state index in [4.69, 9.17) is 0 Å². The highest BCUT2D eigenvalue weighted by molar-refractivity contribution is 7.13. The van der Waals surface area contributed by atoms with Crippen molar-refractivity contribution in [2.24, 2.45) is 5.92 Å². The molecule has 3 rings (SSSR count). The van der Waals surface area contributed by atoms with Crippen LogP contribution in [0.2, 0.25) is 0 Å². The quantitative estimate of drug-likeness (QED) is 0.826. The van der Waals surface area contributed by atoms with Crippen LogP contribution in [0.25, 0.3) is 0 Å². The molecule has 3 amide bonds. The van der Waals surface area contributed by atoms with Gasteiger partial charge >= 0.3 is 0 Å². The molecule has 2 N–H and O–H groups in total. The molecule has 7 nitrogen and oxygen atoms in total. The molecule has 1 aromatic carbocycles. The topological polar surface area (TPSA) is 91.4 Å². The van der Waals surface area contributed by atoms with E-state index in [-0.39, 0.29) is 23.6 Å². The molecule has 0 aliphatic carbocycles. The molecule has 2 aromatic rings. The molecule has 1 aliphatic rings. The van der Waals surface area contributed by atoms with Gasteiger partial charge in [0.1, 0.15) is 6.04 Å². The number of nitrogens with zero attached hydrogens (tertiary/aromatic N) is 2. The minimum Gasteiger partial charge on any atom is -0.327 e. The van der Waals surface area contributed by atoms with Crippen molar-refractivity contribution in [3.63, 3.8) is 0 Å². The van der Waals surface area contributed by atoms with Gasteiger partial charge in [0, 0.05) is 35.3 Å². The van der Waals surface area contributed by atoms with Gasteiger partial charge in [0.2, 0.25) is 11.8 Å². The van der Waals surface area contributed by atoms with Crippen molar-refractivity contribution in [3.05, 3.63) is 41.4 Å². The van der Waals surface area contributed by atoms with E-state index < -0.39 is 6.04 Å². The number of carbonyl (C=O) groups excluding carboxylic acids is 3. The molecular formula is C19H22N4O3S. The molecule has 0 spiro atoms. The lowest BCUT2D eigenvalue weighted by molar-refractivity contribution is -0.120. The van der Waals surface area contributed by atoms with Crippen molar-refractivity contribution in [2.45, 2.75) is 32.7 Å². The van der Waals surface area contributed by atoms with E-state index in [1.807, 2.05) is 13.8 Å². The normalized spacial score (nSPS) is 16.4. The van der Waals surface area contributed by atoms with Gasteiger partial charge < -0.3 is 15.5 Å². The van der Waals surface area contributed by atoms with Gasteiger partial charge in [0.25, 0.3) is 5.91 Å². The molecule has 1 unspecified atom stereocenters. The van der Waals surface area contributed by atoms with Crippen LogP contribution in [-0.4, -0.2) is 40.2 Å². The minimum absolute atomic E-state index is 0.0764. The number of hydrogen-bond acceptors (Lipinski definition) is 5. The van der Waals surface area contributed by atoms with Gasteiger partial charge in [-0.1, -0.05) is 13.8 Å². The zero-order valence-electron chi connectivity index (χ0n) is 15.3. The Morgan fingerprint density at radius 3 is 2.56 bits per heavy atom. The summed E-state index contributed by atoms with van der Waals surface area (Å²) in [5, 5.41) is 7.88. The fraction of sp³-hybridized carbons (Fsp3) is 0.368. The van der Waals surface area contributed by atoms with E-state index in [1.165, 1.54) is 11.3 Å². The third-order valence-electron chi connectivity index (χ3n) is 4.40. The molecule has 1 aliphatic heterocycles. The summed E-state index contributed by atoms with van der Waals surface area (Å²) < 4.78 is 0. The van der Waals surface area contributed by atoms with Gasteiger partial charge in [-0.3, -0.25) is 14.4 Å². The first-order valence-electron chi connectivity index (χ1n) is 8.88. The van der Waals surface area contributed by atoms with Crippen LogP contribution in [0.5, 0.6) is 0 Å². The molecule has 0 bridgehead atoms. The van der Waals surface area contributed by atoms with Crippen LogP contribution in [0.3, 0.4) is 0 Å². The molecule has 1 atom stereocenters. The predicted octanol–water partition coefficient (Wildman–Crippen LogP) is 2.98. The standard InChI is InChI=1S/C19H22N4O3S/c1-12(2)16(24)21-14-7-5-13(6-8-14)18(26)23-10-3-4-15(23)17(25)22-19-20-9-11-27-19/h5-9,11-12,15H,3-4,10H2,1-2H3,(H,21,24)(H,20,22,25). The number of carbonyl (C=O) groups is 3. The molecule has 0 radical (unpaired) electrons. The lowest BCUT2D eigenvalue weighted by Gasteiger charge is -2.23. The predicted molar refractivity (Wildman–Crippen MR) is 105 cm³/mol. The van der Waals surface area contributed by atoms with Crippen LogP contribution < -0.4 is 10.6 Å². The van der Waals surface area contributed by atoms with Crippen LogP contribution in [0, 0.1) is 5.92 Å². The first kappa shape index (κ1) is 19.0. The highest BCUT2D eigenvalue weighted by Crippen LogP contribution is 2.23. The Balaban J connectivity index is 1.67. The van der Waals surface area contributed by atoms with Crippen molar-refractivity contribution in [1.82, 2.24) is 9.88 Å². The summed E-state index contributed by atoms with van der Waals surface area (Å²) in [5.41, 5.74) is 1.14. The summed E-state index contributed by atoms with van der Waals surface area (Å²) in [4.78, 5) is 42.8. The fourth-order valence-electron chi connectivity index (χ4n) is 2.90. The van der Waals surface area contributed by atoms with E-state index in [2.05, 4.69) is 15.6 Å². The zero-order valence-corrected chi connectivity index (χ0v) is 16.1. The average Bonchev–Trinajstić information content (AvgIpc) is 3.33. The SMILES string of the molecule is CC(C)C(=O)Nc1ccc(C(=O)N2CCCC2C(=O)Nc2nccs2)cc1. The number of thiazole rings is 1. The lowest BCUT2D eigenvalue weighted by atomic mass is 10.1. The third-order valence-corrected chi connectivity index (χ3v) is 5.09. The lowest BCUT2D eigenvalue weighted by Crippen LogP contribution is -2.43. The summed E-state index contributed by atoms with van der Waals surface area (Å²) in [5.74, 6) is -0.592. The summed E-state index contributed by atoms with van der Waals surface area (Å²) in [6, 6.07) is 6.25. The maximum Gasteiger partial charge on any atom is 0.254 e. The molecule has 142 valence electrons. The highest BCUT2D eigenvalue weighted by atomic mass is 32.1. The van der Waals surface area contributed by atoms with Gasteiger partial charge in [-0.25, -0.2) is 4.98 Å². The van der Waals surface area contributed by atoms with Gasteiger partial charge in [-0.2, -0.15) is 0 Å². The van der Waals surface area contributed by atoms with Crippen LogP contribution in [0.1, 0.15) is 37.0 Å². The Morgan fingerprint density at radius 2 is 1.93 bits per heavy atom. The fourth-order valence-corrected chi connectivity index (χ4v) is 3.44. The van der Waals surface area contributed by atoms with Gasteiger partial charge in [0.05, 0.1) is 0 Å². The van der Waals surface area contributed by atoms with E-state index in [0.29, 0.717) is 29.3 Å². The first-order chi connectivity index (χ1) is 13.0. The number of hydrogen-bond donors (Lipinski definition) is 2.